The Balaban J connectivity index is 3.14. The third-order valence-electron chi connectivity index (χ3n) is 1.85. The van der Waals surface area contributed by atoms with E-state index in [1.54, 1.807) is 12.1 Å². The Kier molecular flexibility index (Phi) is 2.43. The first-order chi connectivity index (χ1) is 5.66. The highest BCUT2D eigenvalue weighted by molar-refractivity contribution is 5.65. The van der Waals surface area contributed by atoms with Gasteiger partial charge in [0.15, 0.2) is 0 Å². The molecule has 0 aliphatic heterocycles. The molecule has 12 heavy (non-hydrogen) atoms. The second-order valence-electron chi connectivity index (χ2n) is 2.82. The topological polar surface area (TPSA) is 72.3 Å². The molecule has 3 heteroatoms. The summed E-state index contributed by atoms with van der Waals surface area (Å²) >= 11 is 0. The van der Waals surface area contributed by atoms with E-state index in [9.17, 15) is 5.11 Å². The predicted molar refractivity (Wildman–Crippen MR) is 50.9 cm³/mol. The molecule has 0 heterocycles. The molecule has 0 aliphatic rings. The second kappa shape index (κ2) is 3.34. The predicted octanol–water partition coefficient (Wildman–Crippen LogP) is 1.51. The number of hydrogen-bond donors (Lipinski definition) is 3. The maximum atomic E-state index is 9.50. The summed E-state index contributed by atoms with van der Waals surface area (Å²) in [5.74, 6) is 0.136. The maximum Gasteiger partial charge on any atom is 0.143 e. The standard InChI is InChI=1S/C9H14N2O/c1-2-3-6-7(10)4-5-8(11)9(6)12/h4-5,12H,2-3,10-11H2,1H3. The van der Waals surface area contributed by atoms with Gasteiger partial charge in [0.2, 0.25) is 0 Å². The van der Waals surface area contributed by atoms with Crippen molar-refractivity contribution < 1.29 is 5.11 Å². The van der Waals surface area contributed by atoms with E-state index in [4.69, 9.17) is 11.5 Å². The molecular weight excluding hydrogens is 152 g/mol. The molecule has 0 unspecified atom stereocenters. The second-order valence-corrected chi connectivity index (χ2v) is 2.82. The molecule has 66 valence electrons. The molecule has 1 aromatic rings. The van der Waals surface area contributed by atoms with Gasteiger partial charge in [-0.15, -0.1) is 0 Å². The summed E-state index contributed by atoms with van der Waals surface area (Å²) in [7, 11) is 0. The minimum Gasteiger partial charge on any atom is -0.505 e. The Morgan fingerprint density at radius 3 is 2.42 bits per heavy atom. The summed E-state index contributed by atoms with van der Waals surface area (Å²) in [5.41, 5.74) is 12.9. The van der Waals surface area contributed by atoms with Crippen LogP contribution in [0.25, 0.3) is 0 Å². The highest BCUT2D eigenvalue weighted by Gasteiger charge is 2.06. The smallest absolute Gasteiger partial charge is 0.143 e. The van der Waals surface area contributed by atoms with E-state index in [0.29, 0.717) is 11.4 Å². The number of nitrogens with two attached hydrogens (primary N) is 2. The van der Waals surface area contributed by atoms with Gasteiger partial charge in [-0.2, -0.15) is 0 Å². The van der Waals surface area contributed by atoms with Gasteiger partial charge in [-0.1, -0.05) is 13.3 Å². The molecule has 0 aromatic heterocycles. The van der Waals surface area contributed by atoms with Gasteiger partial charge in [0, 0.05) is 11.3 Å². The Labute approximate surface area is 72.0 Å². The maximum absolute atomic E-state index is 9.50. The number of aromatic hydroxyl groups is 1. The van der Waals surface area contributed by atoms with Crippen LogP contribution in [0.3, 0.4) is 0 Å². The molecule has 1 rings (SSSR count). The van der Waals surface area contributed by atoms with Crippen molar-refractivity contribution in [2.24, 2.45) is 0 Å². The quantitative estimate of drug-likeness (QED) is 0.460. The summed E-state index contributed by atoms with van der Waals surface area (Å²) < 4.78 is 0. The average molecular weight is 166 g/mol. The molecule has 1 aromatic carbocycles. The van der Waals surface area contributed by atoms with Crippen molar-refractivity contribution in [2.45, 2.75) is 19.8 Å². The summed E-state index contributed by atoms with van der Waals surface area (Å²) in [6, 6.07) is 3.34. The van der Waals surface area contributed by atoms with Crippen LogP contribution in [0.4, 0.5) is 11.4 Å². The molecule has 0 aliphatic carbocycles. The molecule has 5 N–H and O–H groups in total. The minimum atomic E-state index is 0.136. The van der Waals surface area contributed by atoms with Gasteiger partial charge in [0.05, 0.1) is 5.69 Å². The zero-order valence-electron chi connectivity index (χ0n) is 7.17. The molecule has 0 spiro atoms. The Hall–Kier alpha value is -1.38. The van der Waals surface area contributed by atoms with Crippen LogP contribution >= 0.6 is 0 Å². The summed E-state index contributed by atoms with van der Waals surface area (Å²) in [4.78, 5) is 0. The largest absolute Gasteiger partial charge is 0.505 e. The van der Waals surface area contributed by atoms with Crippen LogP contribution in [0.5, 0.6) is 5.75 Å². The number of phenolic OH excluding ortho intramolecular Hbond substituents is 1. The van der Waals surface area contributed by atoms with Crippen molar-refractivity contribution in [3.05, 3.63) is 17.7 Å². The van der Waals surface area contributed by atoms with E-state index < -0.39 is 0 Å². The lowest BCUT2D eigenvalue weighted by atomic mass is 10.1. The van der Waals surface area contributed by atoms with Crippen LogP contribution in [0.2, 0.25) is 0 Å². The minimum absolute atomic E-state index is 0.136. The van der Waals surface area contributed by atoms with Crippen LogP contribution in [0, 0.1) is 0 Å². The van der Waals surface area contributed by atoms with Gasteiger partial charge in [0.25, 0.3) is 0 Å². The van der Waals surface area contributed by atoms with Crippen LogP contribution in [0.15, 0.2) is 12.1 Å². The fourth-order valence-electron chi connectivity index (χ4n) is 1.18. The number of nitrogen functional groups attached to an aromatic ring is 2. The van der Waals surface area contributed by atoms with Crippen molar-refractivity contribution in [1.29, 1.82) is 0 Å². The number of phenols is 1. The van der Waals surface area contributed by atoms with Crippen LogP contribution in [0.1, 0.15) is 18.9 Å². The average Bonchev–Trinajstić information content (AvgIpc) is 2.06. The fourth-order valence-corrected chi connectivity index (χ4v) is 1.18. The van der Waals surface area contributed by atoms with Gasteiger partial charge < -0.3 is 16.6 Å². The van der Waals surface area contributed by atoms with Gasteiger partial charge in [-0.05, 0) is 18.6 Å². The lowest BCUT2D eigenvalue weighted by molar-refractivity contribution is 0.471. The van der Waals surface area contributed by atoms with Gasteiger partial charge in [-0.25, -0.2) is 0 Å². The molecule has 3 nitrogen and oxygen atoms in total. The van der Waals surface area contributed by atoms with Crippen molar-refractivity contribution in [2.75, 3.05) is 11.5 Å². The lowest BCUT2D eigenvalue weighted by Crippen LogP contribution is -1.97. The zero-order chi connectivity index (χ0) is 9.14. The van der Waals surface area contributed by atoms with E-state index in [2.05, 4.69) is 0 Å². The van der Waals surface area contributed by atoms with E-state index in [0.717, 1.165) is 18.4 Å². The van der Waals surface area contributed by atoms with Crippen molar-refractivity contribution in [3.8, 4) is 5.75 Å². The van der Waals surface area contributed by atoms with Gasteiger partial charge in [0.1, 0.15) is 5.75 Å². The third-order valence-corrected chi connectivity index (χ3v) is 1.85. The molecule has 0 atom stereocenters. The fraction of sp³-hybridized carbons (Fsp3) is 0.333. The highest BCUT2D eigenvalue weighted by Crippen LogP contribution is 2.30. The van der Waals surface area contributed by atoms with E-state index in [1.807, 2.05) is 6.92 Å². The van der Waals surface area contributed by atoms with Crippen molar-refractivity contribution in [1.82, 2.24) is 0 Å². The summed E-state index contributed by atoms with van der Waals surface area (Å²) in [5, 5.41) is 9.50. The summed E-state index contributed by atoms with van der Waals surface area (Å²) in [6.07, 6.45) is 1.71. The van der Waals surface area contributed by atoms with Gasteiger partial charge in [-0.3, -0.25) is 0 Å². The third kappa shape index (κ3) is 1.44. The Morgan fingerprint density at radius 2 is 1.83 bits per heavy atom. The number of benzene rings is 1. The molecule has 0 amide bonds. The zero-order valence-corrected chi connectivity index (χ0v) is 7.17. The number of anilines is 2. The first kappa shape index (κ1) is 8.71. The van der Waals surface area contributed by atoms with Crippen LogP contribution in [-0.2, 0) is 6.42 Å². The van der Waals surface area contributed by atoms with Crippen LogP contribution < -0.4 is 11.5 Å². The first-order valence-corrected chi connectivity index (χ1v) is 4.02. The number of rotatable bonds is 2. The van der Waals surface area contributed by atoms with Gasteiger partial charge >= 0.3 is 0 Å². The van der Waals surface area contributed by atoms with E-state index >= 15 is 0 Å². The molecule has 0 bridgehead atoms. The molecule has 0 saturated heterocycles. The normalized spacial score (nSPS) is 10.1. The molecule has 0 fully saturated rings. The monoisotopic (exact) mass is 166 g/mol. The molecule has 0 saturated carbocycles. The SMILES string of the molecule is CCCc1c(N)ccc(N)c1O. The Bertz CT molecular complexity index is 284. The van der Waals surface area contributed by atoms with Crippen LogP contribution in [-0.4, -0.2) is 5.11 Å². The van der Waals surface area contributed by atoms with E-state index in [-0.39, 0.29) is 5.75 Å². The number of hydrogen-bond acceptors (Lipinski definition) is 3. The van der Waals surface area contributed by atoms with Crippen molar-refractivity contribution in [3.63, 3.8) is 0 Å². The van der Waals surface area contributed by atoms with E-state index in [1.165, 1.54) is 0 Å². The molecule has 0 radical (unpaired) electrons. The molecular formula is C9H14N2O. The Morgan fingerprint density at radius 1 is 1.25 bits per heavy atom. The first-order valence-electron chi connectivity index (χ1n) is 4.02. The van der Waals surface area contributed by atoms with Crippen molar-refractivity contribution >= 4 is 11.4 Å². The lowest BCUT2D eigenvalue weighted by Gasteiger charge is -2.08. The summed E-state index contributed by atoms with van der Waals surface area (Å²) in [6.45, 7) is 2.03. The highest BCUT2D eigenvalue weighted by atomic mass is 16.3.